The first-order valence-corrected chi connectivity index (χ1v) is 5.70. The number of ether oxygens (including phenoxy) is 2. The fourth-order valence-electron chi connectivity index (χ4n) is 1.94. The number of methoxy groups -OCH3 is 1. The molecule has 0 radical (unpaired) electrons. The van der Waals surface area contributed by atoms with E-state index in [9.17, 15) is 9.90 Å². The summed E-state index contributed by atoms with van der Waals surface area (Å²) in [4.78, 5) is 11.2. The Hall–Kier alpha value is -1.13. The Morgan fingerprint density at radius 1 is 1.47 bits per heavy atom. The van der Waals surface area contributed by atoms with E-state index in [1.807, 2.05) is 6.92 Å². The molecule has 0 fully saturated rings. The van der Waals surface area contributed by atoms with Crippen molar-refractivity contribution in [2.75, 3.05) is 7.11 Å². The van der Waals surface area contributed by atoms with Gasteiger partial charge < -0.3 is 14.6 Å². The number of fused-ring (bicyclic) bond motifs is 1. The molecule has 92 valence electrons. The van der Waals surface area contributed by atoms with Gasteiger partial charge in [-0.15, -0.1) is 0 Å². The van der Waals surface area contributed by atoms with Crippen LogP contribution in [-0.2, 0) is 6.42 Å². The molecule has 1 unspecified atom stereocenters. The van der Waals surface area contributed by atoms with Crippen LogP contribution >= 0.6 is 23.2 Å². The highest BCUT2D eigenvalue weighted by Crippen LogP contribution is 2.48. The van der Waals surface area contributed by atoms with Crippen LogP contribution in [0.1, 0.15) is 22.8 Å². The van der Waals surface area contributed by atoms with Gasteiger partial charge in [0.15, 0.2) is 5.75 Å². The average molecular weight is 277 g/mol. The Morgan fingerprint density at radius 2 is 2.12 bits per heavy atom. The standard InChI is InChI=1S/C11H10Cl2O4/c1-4-3-5-6(11(14)15)7(12)10(16-2)8(13)9(5)17-4/h4H,3H2,1-2H3,(H,14,15). The van der Waals surface area contributed by atoms with Gasteiger partial charge in [0.2, 0.25) is 0 Å². The van der Waals surface area contributed by atoms with Crippen LogP contribution in [-0.4, -0.2) is 24.3 Å². The molecule has 1 atom stereocenters. The summed E-state index contributed by atoms with van der Waals surface area (Å²) < 4.78 is 10.5. The number of hydrogen-bond donors (Lipinski definition) is 1. The van der Waals surface area contributed by atoms with Crippen molar-refractivity contribution in [2.24, 2.45) is 0 Å². The molecule has 0 saturated heterocycles. The molecular formula is C11H10Cl2O4. The third-order valence-electron chi connectivity index (χ3n) is 2.62. The summed E-state index contributed by atoms with van der Waals surface area (Å²) in [5.74, 6) is -0.615. The first-order chi connectivity index (χ1) is 7.97. The second-order valence-corrected chi connectivity index (χ2v) is 4.54. The molecule has 2 rings (SSSR count). The van der Waals surface area contributed by atoms with Crippen molar-refractivity contribution in [3.05, 3.63) is 21.2 Å². The molecule has 1 aliphatic rings. The highest BCUT2D eigenvalue weighted by molar-refractivity contribution is 6.40. The number of halogens is 2. The van der Waals surface area contributed by atoms with Crippen LogP contribution in [0.2, 0.25) is 10.0 Å². The van der Waals surface area contributed by atoms with Crippen molar-refractivity contribution < 1.29 is 19.4 Å². The van der Waals surface area contributed by atoms with Crippen LogP contribution in [0.4, 0.5) is 0 Å². The fourth-order valence-corrected chi connectivity index (χ4v) is 2.69. The van der Waals surface area contributed by atoms with Crippen LogP contribution < -0.4 is 9.47 Å². The van der Waals surface area contributed by atoms with Gasteiger partial charge in [-0.05, 0) is 6.92 Å². The predicted molar refractivity (Wildman–Crippen MR) is 63.8 cm³/mol. The molecule has 1 heterocycles. The van der Waals surface area contributed by atoms with Gasteiger partial charge in [0, 0.05) is 12.0 Å². The zero-order chi connectivity index (χ0) is 12.7. The van der Waals surface area contributed by atoms with E-state index in [4.69, 9.17) is 32.7 Å². The Kier molecular flexibility index (Phi) is 3.10. The van der Waals surface area contributed by atoms with Crippen molar-refractivity contribution in [1.29, 1.82) is 0 Å². The maximum Gasteiger partial charge on any atom is 0.337 e. The fraction of sp³-hybridized carbons (Fsp3) is 0.364. The second-order valence-electron chi connectivity index (χ2n) is 3.78. The molecular weight excluding hydrogens is 267 g/mol. The molecule has 1 aromatic rings. The SMILES string of the molecule is COc1c(Cl)c2c(c(C(=O)O)c1Cl)CC(C)O2. The lowest BCUT2D eigenvalue weighted by Crippen LogP contribution is -2.07. The van der Waals surface area contributed by atoms with Crippen LogP contribution in [0.3, 0.4) is 0 Å². The molecule has 1 aromatic carbocycles. The summed E-state index contributed by atoms with van der Waals surface area (Å²) in [5.41, 5.74) is 0.535. The lowest BCUT2D eigenvalue weighted by atomic mass is 10.0. The minimum Gasteiger partial charge on any atom is -0.493 e. The van der Waals surface area contributed by atoms with Crippen molar-refractivity contribution in [2.45, 2.75) is 19.4 Å². The molecule has 0 aliphatic carbocycles. The maximum absolute atomic E-state index is 11.2. The quantitative estimate of drug-likeness (QED) is 0.902. The number of carboxylic acid groups (broad SMARTS) is 1. The van der Waals surface area contributed by atoms with Crippen LogP contribution in [0.15, 0.2) is 0 Å². The number of hydrogen-bond acceptors (Lipinski definition) is 3. The summed E-state index contributed by atoms with van der Waals surface area (Å²) >= 11 is 12.1. The maximum atomic E-state index is 11.2. The van der Waals surface area contributed by atoms with E-state index < -0.39 is 5.97 Å². The first-order valence-electron chi connectivity index (χ1n) is 4.95. The Labute approximate surface area is 108 Å². The molecule has 0 saturated carbocycles. The summed E-state index contributed by atoms with van der Waals surface area (Å²) in [6, 6.07) is 0. The third-order valence-corrected chi connectivity index (χ3v) is 3.33. The van der Waals surface area contributed by atoms with Gasteiger partial charge in [-0.3, -0.25) is 0 Å². The summed E-state index contributed by atoms with van der Waals surface area (Å²) in [5, 5.41) is 9.43. The first kappa shape index (κ1) is 12.3. The van der Waals surface area contributed by atoms with Gasteiger partial charge in [-0.2, -0.15) is 0 Å². The van der Waals surface area contributed by atoms with E-state index in [1.54, 1.807) is 0 Å². The smallest absolute Gasteiger partial charge is 0.337 e. The normalized spacial score (nSPS) is 17.5. The molecule has 0 aromatic heterocycles. The molecule has 1 N–H and O–H groups in total. The lowest BCUT2D eigenvalue weighted by molar-refractivity contribution is 0.0695. The largest absolute Gasteiger partial charge is 0.493 e. The van der Waals surface area contributed by atoms with E-state index in [0.717, 1.165) is 0 Å². The number of aromatic carboxylic acids is 1. The van der Waals surface area contributed by atoms with E-state index in [1.165, 1.54) is 7.11 Å². The highest BCUT2D eigenvalue weighted by atomic mass is 35.5. The Balaban J connectivity index is 2.77. The Bertz CT molecular complexity index is 499. The second kappa shape index (κ2) is 4.27. The van der Waals surface area contributed by atoms with Gasteiger partial charge in [0.1, 0.15) is 16.9 Å². The average Bonchev–Trinajstić information content (AvgIpc) is 2.60. The molecule has 0 amide bonds. The van der Waals surface area contributed by atoms with Gasteiger partial charge in [-0.25, -0.2) is 4.79 Å². The molecule has 4 nitrogen and oxygen atoms in total. The van der Waals surface area contributed by atoms with E-state index >= 15 is 0 Å². The zero-order valence-electron chi connectivity index (χ0n) is 9.21. The van der Waals surface area contributed by atoms with E-state index in [2.05, 4.69) is 0 Å². The van der Waals surface area contributed by atoms with Crippen LogP contribution in [0.5, 0.6) is 11.5 Å². The van der Waals surface area contributed by atoms with Crippen molar-refractivity contribution in [3.63, 3.8) is 0 Å². The topological polar surface area (TPSA) is 55.8 Å². The van der Waals surface area contributed by atoms with Crippen molar-refractivity contribution in [3.8, 4) is 11.5 Å². The molecule has 0 spiro atoms. The minimum absolute atomic E-state index is 0.00673. The van der Waals surface area contributed by atoms with Crippen LogP contribution in [0, 0.1) is 0 Å². The van der Waals surface area contributed by atoms with E-state index in [0.29, 0.717) is 17.7 Å². The summed E-state index contributed by atoms with van der Waals surface area (Å²) in [6.45, 7) is 1.84. The highest BCUT2D eigenvalue weighted by Gasteiger charge is 2.33. The van der Waals surface area contributed by atoms with Gasteiger partial charge in [-0.1, -0.05) is 23.2 Å². The third kappa shape index (κ3) is 1.81. The molecule has 17 heavy (non-hydrogen) atoms. The van der Waals surface area contributed by atoms with Gasteiger partial charge in [0.25, 0.3) is 0 Å². The number of carboxylic acids is 1. The zero-order valence-corrected chi connectivity index (χ0v) is 10.7. The number of carbonyl (C=O) groups is 1. The van der Waals surface area contributed by atoms with E-state index in [-0.39, 0.29) is 27.5 Å². The number of rotatable bonds is 2. The Morgan fingerprint density at radius 3 is 2.65 bits per heavy atom. The van der Waals surface area contributed by atoms with Gasteiger partial charge in [0.05, 0.1) is 17.7 Å². The predicted octanol–water partition coefficient (Wildman–Crippen LogP) is 3.02. The number of benzene rings is 1. The molecule has 1 aliphatic heterocycles. The summed E-state index contributed by atoms with van der Waals surface area (Å²) in [6.07, 6.45) is 0.351. The molecule has 0 bridgehead atoms. The van der Waals surface area contributed by atoms with Crippen molar-refractivity contribution in [1.82, 2.24) is 0 Å². The van der Waals surface area contributed by atoms with Crippen LogP contribution in [0.25, 0.3) is 0 Å². The van der Waals surface area contributed by atoms with Crippen molar-refractivity contribution >= 4 is 29.2 Å². The lowest BCUT2D eigenvalue weighted by Gasteiger charge is -2.13. The monoisotopic (exact) mass is 276 g/mol. The van der Waals surface area contributed by atoms with Gasteiger partial charge >= 0.3 is 5.97 Å². The summed E-state index contributed by atoms with van der Waals surface area (Å²) in [7, 11) is 1.38. The minimum atomic E-state index is -1.11. The molecule has 6 heteroatoms.